The summed E-state index contributed by atoms with van der Waals surface area (Å²) in [4.78, 5) is 30.5. The first-order valence-electron chi connectivity index (χ1n) is 11.8. The van der Waals surface area contributed by atoms with E-state index in [1.54, 1.807) is 36.3 Å². The molecule has 0 spiro atoms. The zero-order chi connectivity index (χ0) is 24.4. The van der Waals surface area contributed by atoms with Crippen LogP contribution in [0.5, 0.6) is 5.75 Å². The van der Waals surface area contributed by atoms with E-state index >= 15 is 0 Å². The van der Waals surface area contributed by atoms with Crippen molar-refractivity contribution >= 4 is 28.2 Å². The quantitative estimate of drug-likeness (QED) is 0.336. The van der Waals surface area contributed by atoms with E-state index in [0.29, 0.717) is 37.6 Å². The molecule has 1 N–H and O–H groups in total. The van der Waals surface area contributed by atoms with E-state index in [0.717, 1.165) is 29.4 Å². The number of methoxy groups -OCH3 is 1. The Hall–Kier alpha value is -3.68. The molecule has 0 bridgehead atoms. The number of Topliss-reactive ketones (excluding diaryl/α,β-unsaturated/α-hetero) is 1. The summed E-state index contributed by atoms with van der Waals surface area (Å²) in [5.41, 5.74) is 1.39. The van der Waals surface area contributed by atoms with Crippen molar-refractivity contribution < 1.29 is 24.2 Å². The minimum atomic E-state index is -0.691. The van der Waals surface area contributed by atoms with Crippen LogP contribution in [-0.4, -0.2) is 73.1 Å². The van der Waals surface area contributed by atoms with Crippen molar-refractivity contribution in [1.82, 2.24) is 9.80 Å². The second-order valence-corrected chi connectivity index (χ2v) is 8.74. The molecule has 0 aromatic heterocycles. The van der Waals surface area contributed by atoms with E-state index in [-0.39, 0.29) is 11.3 Å². The second kappa shape index (κ2) is 9.90. The molecule has 2 aliphatic rings. The number of aliphatic hydroxyl groups excluding tert-OH is 1. The first-order valence-corrected chi connectivity index (χ1v) is 11.8. The average molecular weight is 473 g/mol. The predicted molar refractivity (Wildman–Crippen MR) is 133 cm³/mol. The zero-order valence-corrected chi connectivity index (χ0v) is 19.6. The average Bonchev–Trinajstić information content (AvgIpc) is 3.16. The van der Waals surface area contributed by atoms with Gasteiger partial charge < -0.3 is 19.5 Å². The minimum Gasteiger partial charge on any atom is -0.507 e. The van der Waals surface area contributed by atoms with Gasteiger partial charge in [0.25, 0.3) is 11.7 Å². The largest absolute Gasteiger partial charge is 0.507 e. The van der Waals surface area contributed by atoms with Gasteiger partial charge in [0.05, 0.1) is 31.9 Å². The number of hydrogen-bond donors (Lipinski definition) is 1. The Labute approximate surface area is 204 Å². The molecule has 2 saturated heterocycles. The van der Waals surface area contributed by atoms with Crippen molar-refractivity contribution in [3.8, 4) is 5.75 Å². The van der Waals surface area contributed by atoms with Gasteiger partial charge in [0.2, 0.25) is 0 Å². The van der Waals surface area contributed by atoms with Crippen molar-refractivity contribution in [2.75, 3.05) is 46.5 Å². The highest BCUT2D eigenvalue weighted by atomic mass is 16.5. The molecule has 2 aliphatic heterocycles. The summed E-state index contributed by atoms with van der Waals surface area (Å²) in [6.45, 7) is 3.88. The molecule has 2 heterocycles. The van der Waals surface area contributed by atoms with Crippen LogP contribution in [0.3, 0.4) is 0 Å². The number of ether oxygens (including phenoxy) is 2. The van der Waals surface area contributed by atoms with Crippen LogP contribution in [0.2, 0.25) is 0 Å². The highest BCUT2D eigenvalue weighted by Gasteiger charge is 2.46. The first-order chi connectivity index (χ1) is 17.1. The molecule has 180 valence electrons. The van der Waals surface area contributed by atoms with E-state index in [1.165, 1.54) is 0 Å². The maximum Gasteiger partial charge on any atom is 0.295 e. The minimum absolute atomic E-state index is 0.110. The summed E-state index contributed by atoms with van der Waals surface area (Å²) >= 11 is 0. The van der Waals surface area contributed by atoms with Gasteiger partial charge in [-0.2, -0.15) is 0 Å². The lowest BCUT2D eigenvalue weighted by atomic mass is 9.91. The Morgan fingerprint density at radius 1 is 0.971 bits per heavy atom. The van der Waals surface area contributed by atoms with Crippen LogP contribution in [0.25, 0.3) is 16.5 Å². The first kappa shape index (κ1) is 23.1. The number of benzene rings is 3. The van der Waals surface area contributed by atoms with Gasteiger partial charge in [-0.15, -0.1) is 0 Å². The molecule has 2 fully saturated rings. The van der Waals surface area contributed by atoms with E-state index in [4.69, 9.17) is 9.47 Å². The van der Waals surface area contributed by atoms with Gasteiger partial charge in [-0.05, 0) is 40.6 Å². The summed E-state index contributed by atoms with van der Waals surface area (Å²) in [5, 5.41) is 13.3. The van der Waals surface area contributed by atoms with Crippen LogP contribution in [0.1, 0.15) is 17.2 Å². The fraction of sp³-hybridized carbons (Fsp3) is 0.286. The SMILES string of the molecule is COc1ccc(C(O)=C2C(=O)C(=O)N(CCN3CCOCC3)C2c2cccc3ccccc23)cc1. The van der Waals surface area contributed by atoms with Gasteiger partial charge in [0, 0.05) is 31.7 Å². The van der Waals surface area contributed by atoms with Gasteiger partial charge in [0.1, 0.15) is 11.5 Å². The Morgan fingerprint density at radius 2 is 1.69 bits per heavy atom. The van der Waals surface area contributed by atoms with Crippen LogP contribution < -0.4 is 4.74 Å². The topological polar surface area (TPSA) is 79.3 Å². The summed E-state index contributed by atoms with van der Waals surface area (Å²) in [6.07, 6.45) is 0. The number of rotatable bonds is 6. The lowest BCUT2D eigenvalue weighted by molar-refractivity contribution is -0.140. The fourth-order valence-corrected chi connectivity index (χ4v) is 4.90. The molecule has 7 heteroatoms. The fourth-order valence-electron chi connectivity index (χ4n) is 4.90. The van der Waals surface area contributed by atoms with Crippen molar-refractivity contribution in [3.05, 3.63) is 83.4 Å². The third-order valence-corrected chi connectivity index (χ3v) is 6.78. The number of amides is 1. The molecular weight excluding hydrogens is 444 g/mol. The Bertz CT molecular complexity index is 1270. The highest BCUT2D eigenvalue weighted by molar-refractivity contribution is 6.46. The molecule has 1 atom stereocenters. The summed E-state index contributed by atoms with van der Waals surface area (Å²) in [6, 6.07) is 19.9. The second-order valence-electron chi connectivity index (χ2n) is 8.74. The molecule has 1 amide bonds. The predicted octanol–water partition coefficient (Wildman–Crippen LogP) is 3.60. The summed E-state index contributed by atoms with van der Waals surface area (Å²) in [7, 11) is 1.56. The van der Waals surface area contributed by atoms with Gasteiger partial charge in [0.15, 0.2) is 0 Å². The number of likely N-dealkylation sites (tertiary alicyclic amines) is 1. The highest BCUT2D eigenvalue weighted by Crippen LogP contribution is 2.41. The Kier molecular flexibility index (Phi) is 6.53. The lowest BCUT2D eigenvalue weighted by Crippen LogP contribution is -2.42. The van der Waals surface area contributed by atoms with Gasteiger partial charge in [-0.25, -0.2) is 0 Å². The number of carbonyl (C=O) groups excluding carboxylic acids is 2. The number of fused-ring (bicyclic) bond motifs is 1. The van der Waals surface area contributed by atoms with E-state index in [1.807, 2.05) is 42.5 Å². The molecule has 35 heavy (non-hydrogen) atoms. The molecule has 3 aromatic rings. The van der Waals surface area contributed by atoms with Crippen LogP contribution in [0.15, 0.2) is 72.3 Å². The number of aliphatic hydroxyl groups is 1. The van der Waals surface area contributed by atoms with Crippen LogP contribution >= 0.6 is 0 Å². The maximum absolute atomic E-state index is 13.4. The number of morpholine rings is 1. The molecule has 0 aliphatic carbocycles. The van der Waals surface area contributed by atoms with E-state index < -0.39 is 17.7 Å². The Balaban J connectivity index is 1.61. The van der Waals surface area contributed by atoms with Crippen molar-refractivity contribution in [2.24, 2.45) is 0 Å². The lowest BCUT2D eigenvalue weighted by Gasteiger charge is -2.31. The normalized spacial score (nSPS) is 20.5. The number of hydrogen-bond acceptors (Lipinski definition) is 6. The molecule has 1 unspecified atom stereocenters. The number of carbonyl (C=O) groups is 2. The van der Waals surface area contributed by atoms with Gasteiger partial charge in [-0.3, -0.25) is 14.5 Å². The standard InChI is InChI=1S/C28H28N2O5/c1-34-21-11-9-20(10-12-21)26(31)24-25(23-8-4-6-19-5-2-3-7-22(19)23)30(28(33)27(24)32)14-13-29-15-17-35-18-16-29/h2-12,25,31H,13-18H2,1H3. The molecule has 3 aromatic carbocycles. The molecule has 5 rings (SSSR count). The van der Waals surface area contributed by atoms with E-state index in [9.17, 15) is 14.7 Å². The van der Waals surface area contributed by atoms with Crippen molar-refractivity contribution in [2.45, 2.75) is 6.04 Å². The van der Waals surface area contributed by atoms with Crippen molar-refractivity contribution in [3.63, 3.8) is 0 Å². The van der Waals surface area contributed by atoms with Crippen molar-refractivity contribution in [1.29, 1.82) is 0 Å². The smallest absolute Gasteiger partial charge is 0.295 e. The maximum atomic E-state index is 13.4. The van der Waals surface area contributed by atoms with Crippen LogP contribution in [0.4, 0.5) is 0 Å². The van der Waals surface area contributed by atoms with Gasteiger partial charge in [-0.1, -0.05) is 42.5 Å². The zero-order valence-electron chi connectivity index (χ0n) is 19.6. The van der Waals surface area contributed by atoms with Gasteiger partial charge >= 0.3 is 0 Å². The monoisotopic (exact) mass is 472 g/mol. The number of nitrogens with zero attached hydrogens (tertiary/aromatic N) is 2. The molecular formula is C28H28N2O5. The third-order valence-electron chi connectivity index (χ3n) is 6.78. The summed E-state index contributed by atoms with van der Waals surface area (Å²) < 4.78 is 10.7. The number of ketones is 1. The molecule has 0 radical (unpaired) electrons. The van der Waals surface area contributed by atoms with Crippen LogP contribution in [0, 0.1) is 0 Å². The van der Waals surface area contributed by atoms with Crippen LogP contribution in [-0.2, 0) is 14.3 Å². The molecule has 7 nitrogen and oxygen atoms in total. The van der Waals surface area contributed by atoms with E-state index in [2.05, 4.69) is 4.90 Å². The summed E-state index contributed by atoms with van der Waals surface area (Å²) in [5.74, 6) is -0.805. The Morgan fingerprint density at radius 3 is 2.43 bits per heavy atom. The third kappa shape index (κ3) is 4.40. The molecule has 0 saturated carbocycles.